The number of hydrogen-bond acceptors (Lipinski definition) is 2. The summed E-state index contributed by atoms with van der Waals surface area (Å²) in [6.07, 6.45) is -0.549. The molecule has 100 valence electrons. The molecule has 0 aromatic heterocycles. The summed E-state index contributed by atoms with van der Waals surface area (Å²) in [6.45, 7) is 1.74. The van der Waals surface area contributed by atoms with Crippen molar-refractivity contribution in [3.8, 4) is 11.5 Å². The number of fused-ring (bicyclic) bond motifs is 1. The first-order valence-electron chi connectivity index (χ1n) is 6.68. The van der Waals surface area contributed by atoms with Gasteiger partial charge in [-0.05, 0) is 35.9 Å². The number of aliphatic hydroxyl groups is 1. The van der Waals surface area contributed by atoms with Crippen molar-refractivity contribution in [3.05, 3.63) is 72.3 Å². The monoisotopic (exact) mass is 264 g/mol. The van der Waals surface area contributed by atoms with Crippen LogP contribution in [0.5, 0.6) is 11.5 Å². The summed E-state index contributed by atoms with van der Waals surface area (Å²) < 4.78 is 5.92. The van der Waals surface area contributed by atoms with Crippen LogP contribution < -0.4 is 4.74 Å². The maximum Gasteiger partial charge on any atom is 0.133 e. The van der Waals surface area contributed by atoms with E-state index in [-0.39, 0.29) is 0 Å². The maximum absolute atomic E-state index is 9.77. The molecule has 3 aromatic rings. The molecule has 1 N–H and O–H groups in total. The number of rotatable bonds is 3. The van der Waals surface area contributed by atoms with Gasteiger partial charge in [-0.15, -0.1) is 0 Å². The quantitative estimate of drug-likeness (QED) is 0.744. The molecule has 20 heavy (non-hydrogen) atoms. The molecular weight excluding hydrogens is 248 g/mol. The van der Waals surface area contributed by atoms with E-state index in [1.165, 1.54) is 5.39 Å². The standard InChI is InChI=1S/C18H16O2/c1-13(19)17-8-4-5-9-18(17)20-16-11-10-14-6-2-3-7-15(14)12-16/h2-13,19H,1H3. The van der Waals surface area contributed by atoms with Gasteiger partial charge < -0.3 is 9.84 Å². The Morgan fingerprint density at radius 3 is 2.35 bits per heavy atom. The minimum absolute atomic E-state index is 0.549. The molecule has 3 rings (SSSR count). The Bertz CT molecular complexity index is 732. The van der Waals surface area contributed by atoms with E-state index in [2.05, 4.69) is 12.1 Å². The molecule has 0 aliphatic rings. The van der Waals surface area contributed by atoms with Gasteiger partial charge in [0.1, 0.15) is 11.5 Å². The smallest absolute Gasteiger partial charge is 0.133 e. The zero-order valence-electron chi connectivity index (χ0n) is 11.3. The van der Waals surface area contributed by atoms with Gasteiger partial charge in [-0.25, -0.2) is 0 Å². The first kappa shape index (κ1) is 12.7. The molecule has 1 atom stereocenters. The summed E-state index contributed by atoms with van der Waals surface area (Å²) in [5.41, 5.74) is 0.792. The summed E-state index contributed by atoms with van der Waals surface area (Å²) in [4.78, 5) is 0. The Labute approximate surface area is 118 Å². The van der Waals surface area contributed by atoms with Crippen molar-refractivity contribution in [1.82, 2.24) is 0 Å². The van der Waals surface area contributed by atoms with E-state index in [0.29, 0.717) is 5.75 Å². The van der Waals surface area contributed by atoms with Crippen molar-refractivity contribution in [3.63, 3.8) is 0 Å². The molecule has 0 amide bonds. The highest BCUT2D eigenvalue weighted by Gasteiger charge is 2.09. The lowest BCUT2D eigenvalue weighted by atomic mass is 10.1. The van der Waals surface area contributed by atoms with E-state index < -0.39 is 6.10 Å². The van der Waals surface area contributed by atoms with Crippen molar-refractivity contribution in [2.24, 2.45) is 0 Å². The molecule has 0 aliphatic heterocycles. The number of benzene rings is 3. The lowest BCUT2D eigenvalue weighted by Gasteiger charge is -2.13. The molecule has 0 spiro atoms. The largest absolute Gasteiger partial charge is 0.457 e. The van der Waals surface area contributed by atoms with E-state index in [1.807, 2.05) is 54.6 Å². The third kappa shape index (κ3) is 2.51. The molecule has 3 aromatic carbocycles. The molecule has 1 unspecified atom stereocenters. The van der Waals surface area contributed by atoms with E-state index in [0.717, 1.165) is 16.7 Å². The fourth-order valence-corrected chi connectivity index (χ4v) is 2.28. The van der Waals surface area contributed by atoms with Crippen LogP contribution in [0.2, 0.25) is 0 Å². The van der Waals surface area contributed by atoms with Gasteiger partial charge in [0.25, 0.3) is 0 Å². The van der Waals surface area contributed by atoms with Crippen molar-refractivity contribution in [1.29, 1.82) is 0 Å². The zero-order valence-corrected chi connectivity index (χ0v) is 11.3. The molecule has 0 fully saturated rings. The lowest BCUT2D eigenvalue weighted by molar-refractivity contribution is 0.195. The van der Waals surface area contributed by atoms with E-state index in [9.17, 15) is 5.11 Å². The Kier molecular flexibility index (Phi) is 3.40. The van der Waals surface area contributed by atoms with Crippen molar-refractivity contribution < 1.29 is 9.84 Å². The highest BCUT2D eigenvalue weighted by Crippen LogP contribution is 2.30. The van der Waals surface area contributed by atoms with Crippen LogP contribution in [0.15, 0.2) is 66.7 Å². The Balaban J connectivity index is 1.97. The number of ether oxygens (including phenoxy) is 1. The highest BCUT2D eigenvalue weighted by molar-refractivity contribution is 5.83. The predicted molar refractivity (Wildman–Crippen MR) is 81.1 cm³/mol. The fraction of sp³-hybridized carbons (Fsp3) is 0.111. The molecule has 0 heterocycles. The average molecular weight is 264 g/mol. The van der Waals surface area contributed by atoms with Crippen LogP contribution in [0.4, 0.5) is 0 Å². The van der Waals surface area contributed by atoms with Gasteiger partial charge in [0, 0.05) is 5.56 Å². The normalized spacial score (nSPS) is 12.3. The van der Waals surface area contributed by atoms with Crippen LogP contribution in [0.1, 0.15) is 18.6 Å². The fourth-order valence-electron chi connectivity index (χ4n) is 2.28. The van der Waals surface area contributed by atoms with E-state index in [4.69, 9.17) is 4.74 Å². The topological polar surface area (TPSA) is 29.5 Å². The maximum atomic E-state index is 9.77. The number of aliphatic hydroxyl groups excluding tert-OH is 1. The van der Waals surface area contributed by atoms with Gasteiger partial charge in [0.05, 0.1) is 6.10 Å². The summed E-state index contributed by atoms with van der Waals surface area (Å²) in [5, 5.41) is 12.1. The summed E-state index contributed by atoms with van der Waals surface area (Å²) in [7, 11) is 0. The van der Waals surface area contributed by atoms with Crippen molar-refractivity contribution >= 4 is 10.8 Å². The predicted octanol–water partition coefficient (Wildman–Crippen LogP) is 4.69. The van der Waals surface area contributed by atoms with Crippen LogP contribution in [0, 0.1) is 0 Å². The molecule has 2 nitrogen and oxygen atoms in total. The van der Waals surface area contributed by atoms with Gasteiger partial charge in [0.15, 0.2) is 0 Å². The van der Waals surface area contributed by atoms with Crippen LogP contribution in [-0.2, 0) is 0 Å². The summed E-state index contributed by atoms with van der Waals surface area (Å²) in [6, 6.07) is 21.7. The second kappa shape index (κ2) is 5.35. The van der Waals surface area contributed by atoms with Crippen molar-refractivity contribution in [2.45, 2.75) is 13.0 Å². The van der Waals surface area contributed by atoms with Gasteiger partial charge in [0.2, 0.25) is 0 Å². The first-order chi connectivity index (χ1) is 9.74. The number of hydrogen-bond donors (Lipinski definition) is 1. The van der Waals surface area contributed by atoms with Gasteiger partial charge in [-0.3, -0.25) is 0 Å². The van der Waals surface area contributed by atoms with Crippen LogP contribution in [0.25, 0.3) is 10.8 Å². The summed E-state index contributed by atoms with van der Waals surface area (Å²) >= 11 is 0. The Morgan fingerprint density at radius 1 is 0.850 bits per heavy atom. The van der Waals surface area contributed by atoms with E-state index in [1.54, 1.807) is 6.92 Å². The van der Waals surface area contributed by atoms with E-state index >= 15 is 0 Å². The molecule has 0 bridgehead atoms. The molecular formula is C18H16O2. The van der Waals surface area contributed by atoms with Gasteiger partial charge in [-0.1, -0.05) is 48.5 Å². The van der Waals surface area contributed by atoms with Crippen molar-refractivity contribution in [2.75, 3.05) is 0 Å². The second-order valence-corrected chi connectivity index (χ2v) is 4.82. The lowest BCUT2D eigenvalue weighted by Crippen LogP contribution is -1.95. The van der Waals surface area contributed by atoms with Gasteiger partial charge in [-0.2, -0.15) is 0 Å². The third-order valence-electron chi connectivity index (χ3n) is 3.32. The second-order valence-electron chi connectivity index (χ2n) is 4.82. The first-order valence-corrected chi connectivity index (χ1v) is 6.68. The number of para-hydroxylation sites is 1. The molecule has 0 radical (unpaired) electrons. The van der Waals surface area contributed by atoms with Gasteiger partial charge >= 0.3 is 0 Å². The van der Waals surface area contributed by atoms with Crippen LogP contribution >= 0.6 is 0 Å². The zero-order chi connectivity index (χ0) is 13.9. The minimum Gasteiger partial charge on any atom is -0.457 e. The summed E-state index contributed by atoms with van der Waals surface area (Å²) in [5.74, 6) is 1.47. The molecule has 2 heteroatoms. The average Bonchev–Trinajstić information content (AvgIpc) is 2.47. The Hall–Kier alpha value is -2.32. The molecule has 0 aliphatic carbocycles. The van der Waals surface area contributed by atoms with Crippen LogP contribution in [-0.4, -0.2) is 5.11 Å². The molecule has 0 saturated carbocycles. The SMILES string of the molecule is CC(O)c1ccccc1Oc1ccc2ccccc2c1. The van der Waals surface area contributed by atoms with Crippen LogP contribution in [0.3, 0.4) is 0 Å². The molecule has 0 saturated heterocycles. The Morgan fingerprint density at radius 2 is 1.55 bits per heavy atom. The minimum atomic E-state index is -0.549. The highest BCUT2D eigenvalue weighted by atomic mass is 16.5. The third-order valence-corrected chi connectivity index (χ3v) is 3.32.